The van der Waals surface area contributed by atoms with Crippen LogP contribution in [0.25, 0.3) is 0 Å². The zero-order chi connectivity index (χ0) is 16.4. The van der Waals surface area contributed by atoms with Crippen LogP contribution in [-0.4, -0.2) is 64.0 Å². The van der Waals surface area contributed by atoms with Crippen LogP contribution in [0.3, 0.4) is 0 Å². The van der Waals surface area contributed by atoms with Gasteiger partial charge in [-0.15, -0.1) is 11.3 Å². The standard InChI is InChI=1S/C17H25N5OS/c1-20-9-15(8-19-20)10-22-5-6-23-14-17(13-22)2-4-21(12-17)11-16-18-3-7-24-16/h3,7-9H,2,4-6,10-14H2,1H3/t17-/m1/s1. The van der Waals surface area contributed by atoms with Gasteiger partial charge in [-0.1, -0.05) is 0 Å². The van der Waals surface area contributed by atoms with Gasteiger partial charge in [-0.25, -0.2) is 4.98 Å². The summed E-state index contributed by atoms with van der Waals surface area (Å²) in [4.78, 5) is 9.51. The van der Waals surface area contributed by atoms with Gasteiger partial charge in [0.1, 0.15) is 5.01 Å². The molecule has 4 heterocycles. The van der Waals surface area contributed by atoms with Crippen molar-refractivity contribution in [3.63, 3.8) is 0 Å². The van der Waals surface area contributed by atoms with Gasteiger partial charge in [-0.3, -0.25) is 14.5 Å². The number of rotatable bonds is 4. The zero-order valence-corrected chi connectivity index (χ0v) is 15.0. The van der Waals surface area contributed by atoms with Crippen molar-refractivity contribution in [2.24, 2.45) is 12.5 Å². The highest BCUT2D eigenvalue weighted by molar-refractivity contribution is 7.09. The van der Waals surface area contributed by atoms with Crippen molar-refractivity contribution < 1.29 is 4.74 Å². The fourth-order valence-electron chi connectivity index (χ4n) is 3.96. The molecule has 2 aromatic heterocycles. The third-order valence-electron chi connectivity index (χ3n) is 5.04. The monoisotopic (exact) mass is 347 g/mol. The van der Waals surface area contributed by atoms with Gasteiger partial charge in [-0.05, 0) is 13.0 Å². The maximum Gasteiger partial charge on any atom is 0.107 e. The molecule has 0 radical (unpaired) electrons. The number of hydrogen-bond donors (Lipinski definition) is 0. The molecule has 2 aromatic rings. The Kier molecular flexibility index (Phi) is 4.67. The highest BCUT2D eigenvalue weighted by atomic mass is 32.1. The van der Waals surface area contributed by atoms with Crippen molar-refractivity contribution >= 4 is 11.3 Å². The number of aryl methyl sites for hydroxylation is 1. The number of thiazole rings is 1. The number of hydrogen-bond acceptors (Lipinski definition) is 6. The van der Waals surface area contributed by atoms with E-state index < -0.39 is 0 Å². The van der Waals surface area contributed by atoms with Crippen molar-refractivity contribution in [3.8, 4) is 0 Å². The van der Waals surface area contributed by atoms with E-state index in [-0.39, 0.29) is 5.41 Å². The third-order valence-corrected chi connectivity index (χ3v) is 5.81. The molecule has 24 heavy (non-hydrogen) atoms. The Hall–Kier alpha value is -1.28. The number of aromatic nitrogens is 3. The largest absolute Gasteiger partial charge is 0.379 e. The molecule has 0 N–H and O–H groups in total. The van der Waals surface area contributed by atoms with Crippen molar-refractivity contribution in [3.05, 3.63) is 34.5 Å². The zero-order valence-electron chi connectivity index (χ0n) is 14.2. The minimum absolute atomic E-state index is 0.260. The van der Waals surface area contributed by atoms with E-state index in [1.54, 1.807) is 11.3 Å². The Labute approximate surface area is 147 Å². The molecule has 2 fully saturated rings. The Morgan fingerprint density at radius 3 is 2.88 bits per heavy atom. The minimum Gasteiger partial charge on any atom is -0.379 e. The second-order valence-electron chi connectivity index (χ2n) is 7.17. The Morgan fingerprint density at radius 2 is 2.12 bits per heavy atom. The van der Waals surface area contributed by atoms with Crippen molar-refractivity contribution in [1.29, 1.82) is 0 Å². The van der Waals surface area contributed by atoms with Crippen LogP contribution in [0.4, 0.5) is 0 Å². The quantitative estimate of drug-likeness (QED) is 0.841. The van der Waals surface area contributed by atoms with Crippen LogP contribution in [0.15, 0.2) is 24.0 Å². The molecule has 2 aliphatic rings. The first kappa shape index (κ1) is 16.2. The average Bonchev–Trinajstić information content (AvgIpc) is 3.25. The summed E-state index contributed by atoms with van der Waals surface area (Å²) in [6, 6.07) is 0. The summed E-state index contributed by atoms with van der Waals surface area (Å²) in [5, 5.41) is 7.57. The molecule has 1 atom stereocenters. The van der Waals surface area contributed by atoms with Gasteiger partial charge in [0.15, 0.2) is 0 Å². The molecule has 0 saturated carbocycles. The first-order chi connectivity index (χ1) is 11.7. The summed E-state index contributed by atoms with van der Waals surface area (Å²) < 4.78 is 7.87. The van der Waals surface area contributed by atoms with E-state index in [1.807, 2.05) is 24.1 Å². The molecule has 0 aromatic carbocycles. The molecule has 0 bridgehead atoms. The molecule has 130 valence electrons. The van der Waals surface area contributed by atoms with Crippen LogP contribution < -0.4 is 0 Å². The SMILES string of the molecule is Cn1cc(CN2CCOC[C@@]3(CCN(Cc4nccs4)C3)C2)cn1. The van der Waals surface area contributed by atoms with E-state index in [0.29, 0.717) is 0 Å². The van der Waals surface area contributed by atoms with E-state index in [0.717, 1.165) is 52.5 Å². The van der Waals surface area contributed by atoms with Crippen LogP contribution in [-0.2, 0) is 24.9 Å². The van der Waals surface area contributed by atoms with Crippen molar-refractivity contribution in [2.45, 2.75) is 19.5 Å². The van der Waals surface area contributed by atoms with Crippen molar-refractivity contribution in [1.82, 2.24) is 24.6 Å². The van der Waals surface area contributed by atoms with E-state index in [2.05, 4.69) is 31.5 Å². The van der Waals surface area contributed by atoms with Crippen LogP contribution in [0.5, 0.6) is 0 Å². The summed E-state index contributed by atoms with van der Waals surface area (Å²) in [6.45, 7) is 8.01. The lowest BCUT2D eigenvalue weighted by Crippen LogP contribution is -2.40. The Bertz CT molecular complexity index is 658. The summed E-state index contributed by atoms with van der Waals surface area (Å²) in [5.74, 6) is 0. The van der Waals surface area contributed by atoms with E-state index in [4.69, 9.17) is 4.74 Å². The van der Waals surface area contributed by atoms with Gasteiger partial charge in [0.2, 0.25) is 0 Å². The highest BCUT2D eigenvalue weighted by Gasteiger charge is 2.41. The predicted molar refractivity (Wildman–Crippen MR) is 93.7 cm³/mol. The molecule has 0 unspecified atom stereocenters. The smallest absolute Gasteiger partial charge is 0.107 e. The van der Waals surface area contributed by atoms with Gasteiger partial charge in [0.05, 0.1) is 26.0 Å². The maximum atomic E-state index is 5.99. The second kappa shape index (κ2) is 6.92. The topological polar surface area (TPSA) is 46.4 Å². The molecule has 0 amide bonds. The molecular formula is C17H25N5OS. The number of ether oxygens (including phenoxy) is 1. The van der Waals surface area contributed by atoms with E-state index in [9.17, 15) is 0 Å². The fourth-order valence-corrected chi connectivity index (χ4v) is 4.62. The number of likely N-dealkylation sites (tertiary alicyclic amines) is 1. The lowest BCUT2D eigenvalue weighted by molar-refractivity contribution is 0.0706. The van der Waals surface area contributed by atoms with Crippen LogP contribution >= 0.6 is 11.3 Å². The van der Waals surface area contributed by atoms with E-state index >= 15 is 0 Å². The third kappa shape index (κ3) is 3.69. The fraction of sp³-hybridized carbons (Fsp3) is 0.647. The molecule has 2 aliphatic heterocycles. The summed E-state index contributed by atoms with van der Waals surface area (Å²) in [7, 11) is 1.98. The van der Waals surface area contributed by atoms with Crippen LogP contribution in [0.2, 0.25) is 0 Å². The molecule has 6 nitrogen and oxygen atoms in total. The molecule has 7 heteroatoms. The van der Waals surface area contributed by atoms with E-state index in [1.165, 1.54) is 17.0 Å². The highest BCUT2D eigenvalue weighted by Crippen LogP contribution is 2.34. The van der Waals surface area contributed by atoms with Gasteiger partial charge in [0, 0.05) is 62.0 Å². The van der Waals surface area contributed by atoms with Crippen LogP contribution in [0, 0.1) is 5.41 Å². The second-order valence-corrected chi connectivity index (χ2v) is 8.15. The van der Waals surface area contributed by atoms with Crippen molar-refractivity contribution in [2.75, 3.05) is 39.4 Å². The number of nitrogens with zero attached hydrogens (tertiary/aromatic N) is 5. The predicted octanol–water partition coefficient (Wildman–Crippen LogP) is 1.60. The van der Waals surface area contributed by atoms with Gasteiger partial charge >= 0.3 is 0 Å². The normalized spacial score (nSPS) is 26.2. The van der Waals surface area contributed by atoms with Gasteiger partial charge in [0.25, 0.3) is 0 Å². The molecule has 2 saturated heterocycles. The molecule has 1 spiro atoms. The lowest BCUT2D eigenvalue weighted by atomic mass is 9.87. The summed E-state index contributed by atoms with van der Waals surface area (Å²) in [6.07, 6.45) is 7.20. The Morgan fingerprint density at radius 1 is 1.25 bits per heavy atom. The lowest BCUT2D eigenvalue weighted by Gasteiger charge is -2.31. The Balaban J connectivity index is 1.40. The molecule has 0 aliphatic carbocycles. The minimum atomic E-state index is 0.260. The maximum absolute atomic E-state index is 5.99. The average molecular weight is 347 g/mol. The summed E-state index contributed by atoms with van der Waals surface area (Å²) >= 11 is 1.75. The first-order valence-electron chi connectivity index (χ1n) is 8.59. The van der Waals surface area contributed by atoms with Gasteiger partial charge < -0.3 is 4.74 Å². The molecular weight excluding hydrogens is 322 g/mol. The van der Waals surface area contributed by atoms with Gasteiger partial charge in [-0.2, -0.15) is 5.10 Å². The molecule has 4 rings (SSSR count). The first-order valence-corrected chi connectivity index (χ1v) is 9.47. The summed E-state index contributed by atoms with van der Waals surface area (Å²) in [5.41, 5.74) is 1.54. The van der Waals surface area contributed by atoms with Crippen LogP contribution in [0.1, 0.15) is 17.0 Å².